The number of nitrogens with one attached hydrogen (secondary N) is 1. The van der Waals surface area contributed by atoms with Crippen LogP contribution in [0.2, 0.25) is 0 Å². The zero-order valence-corrected chi connectivity index (χ0v) is 17.4. The number of fused-ring (bicyclic) bond motifs is 1. The molecule has 2 heterocycles. The third-order valence-electron chi connectivity index (χ3n) is 5.11. The topological polar surface area (TPSA) is 80.6 Å². The summed E-state index contributed by atoms with van der Waals surface area (Å²) >= 11 is 0. The summed E-state index contributed by atoms with van der Waals surface area (Å²) in [4.78, 5) is 38.5. The molecular weight excluding hydrogens is 394 g/mol. The first-order chi connectivity index (χ1) is 15.0. The zero-order valence-electron chi connectivity index (χ0n) is 17.4. The molecule has 7 heteroatoms. The highest BCUT2D eigenvalue weighted by Crippen LogP contribution is 2.25. The normalized spacial score (nSPS) is 15.0. The molecule has 0 unspecified atom stereocenters. The van der Waals surface area contributed by atoms with Gasteiger partial charge in [0.25, 0.3) is 5.91 Å². The largest absolute Gasteiger partial charge is 0.465 e. The molecular formula is C24H23N3O4. The van der Waals surface area contributed by atoms with E-state index in [0.29, 0.717) is 6.61 Å². The standard InChI is InChI=1S/C24H23N3O4/c1-3-31-22(28)15-26-14-18(19-9-4-5-10-21(19)26)12-20-23(29)27(24(30)25-20)13-17-8-6-7-16(2)11-17/h4-12,14H,3,13,15H2,1-2H3,(H,25,30)/b20-12+. The lowest BCUT2D eigenvalue weighted by molar-refractivity contribution is -0.143. The third kappa shape index (κ3) is 4.21. The zero-order chi connectivity index (χ0) is 22.0. The molecule has 2 aromatic carbocycles. The van der Waals surface area contributed by atoms with Gasteiger partial charge < -0.3 is 14.6 Å². The summed E-state index contributed by atoms with van der Waals surface area (Å²) in [5.74, 6) is -0.717. The van der Waals surface area contributed by atoms with Crippen molar-refractivity contribution in [3.63, 3.8) is 0 Å². The van der Waals surface area contributed by atoms with Gasteiger partial charge in [-0.05, 0) is 31.6 Å². The summed E-state index contributed by atoms with van der Waals surface area (Å²) in [6.07, 6.45) is 3.44. The van der Waals surface area contributed by atoms with Crippen molar-refractivity contribution in [2.75, 3.05) is 6.61 Å². The van der Waals surface area contributed by atoms with Crippen LogP contribution >= 0.6 is 0 Å². The molecule has 1 aliphatic heterocycles. The van der Waals surface area contributed by atoms with Gasteiger partial charge >= 0.3 is 12.0 Å². The van der Waals surface area contributed by atoms with Crippen molar-refractivity contribution in [1.29, 1.82) is 0 Å². The Morgan fingerprint density at radius 2 is 1.94 bits per heavy atom. The number of nitrogens with zero attached hydrogens (tertiary/aromatic N) is 2. The molecule has 3 aromatic rings. The number of urea groups is 1. The number of hydrogen-bond donors (Lipinski definition) is 1. The van der Waals surface area contributed by atoms with Gasteiger partial charge in [0, 0.05) is 22.7 Å². The molecule has 1 N–H and O–H groups in total. The number of hydrogen-bond acceptors (Lipinski definition) is 4. The van der Waals surface area contributed by atoms with Crippen LogP contribution in [-0.2, 0) is 27.4 Å². The SMILES string of the molecule is CCOC(=O)Cn1cc(/C=C2/NC(=O)N(Cc3cccc(C)c3)C2=O)c2ccccc21. The quantitative estimate of drug-likeness (QED) is 0.377. The minimum Gasteiger partial charge on any atom is -0.465 e. The molecule has 3 amide bonds. The second-order valence-corrected chi connectivity index (χ2v) is 7.40. The summed E-state index contributed by atoms with van der Waals surface area (Å²) in [5.41, 5.74) is 3.74. The Hall–Kier alpha value is -3.87. The Labute approximate surface area is 179 Å². The summed E-state index contributed by atoms with van der Waals surface area (Å²) in [6.45, 7) is 4.31. The van der Waals surface area contributed by atoms with Crippen LogP contribution in [0.5, 0.6) is 0 Å². The number of amides is 3. The maximum Gasteiger partial charge on any atom is 0.329 e. The van der Waals surface area contributed by atoms with Crippen molar-refractivity contribution in [2.45, 2.75) is 26.9 Å². The Balaban J connectivity index is 1.63. The Morgan fingerprint density at radius 1 is 1.13 bits per heavy atom. The highest BCUT2D eigenvalue weighted by Gasteiger charge is 2.33. The second kappa shape index (κ2) is 8.47. The van der Waals surface area contributed by atoms with Crippen molar-refractivity contribution in [3.05, 3.63) is 77.1 Å². The fourth-order valence-corrected chi connectivity index (χ4v) is 3.73. The number of benzene rings is 2. The van der Waals surface area contributed by atoms with E-state index < -0.39 is 6.03 Å². The number of carbonyl (C=O) groups is 3. The summed E-state index contributed by atoms with van der Waals surface area (Å²) in [6, 6.07) is 14.8. The van der Waals surface area contributed by atoms with E-state index in [1.165, 1.54) is 4.90 Å². The van der Waals surface area contributed by atoms with Gasteiger partial charge in [0.05, 0.1) is 13.2 Å². The Bertz CT molecular complexity index is 1210. The van der Waals surface area contributed by atoms with E-state index in [9.17, 15) is 14.4 Å². The van der Waals surface area contributed by atoms with Gasteiger partial charge in [-0.15, -0.1) is 0 Å². The van der Waals surface area contributed by atoms with E-state index in [1.807, 2.05) is 55.5 Å². The maximum absolute atomic E-state index is 12.9. The molecule has 1 aromatic heterocycles. The summed E-state index contributed by atoms with van der Waals surface area (Å²) in [5, 5.41) is 3.54. The van der Waals surface area contributed by atoms with E-state index in [0.717, 1.165) is 27.6 Å². The predicted molar refractivity (Wildman–Crippen MR) is 117 cm³/mol. The minimum atomic E-state index is -0.451. The van der Waals surface area contributed by atoms with E-state index in [-0.39, 0.29) is 30.7 Å². The van der Waals surface area contributed by atoms with Gasteiger partial charge in [-0.2, -0.15) is 0 Å². The number of aromatic nitrogens is 1. The van der Waals surface area contributed by atoms with Crippen LogP contribution in [0.1, 0.15) is 23.6 Å². The summed E-state index contributed by atoms with van der Waals surface area (Å²) < 4.78 is 6.84. The van der Waals surface area contributed by atoms with E-state index >= 15 is 0 Å². The van der Waals surface area contributed by atoms with Gasteiger partial charge in [0.2, 0.25) is 0 Å². The molecule has 1 fully saturated rings. The van der Waals surface area contributed by atoms with Gasteiger partial charge in [0.1, 0.15) is 12.2 Å². The lowest BCUT2D eigenvalue weighted by Crippen LogP contribution is -2.30. The monoisotopic (exact) mass is 417 g/mol. The van der Waals surface area contributed by atoms with Crippen molar-refractivity contribution in [1.82, 2.24) is 14.8 Å². The minimum absolute atomic E-state index is 0.0668. The van der Waals surface area contributed by atoms with Crippen LogP contribution in [0.25, 0.3) is 17.0 Å². The Kier molecular flexibility index (Phi) is 5.58. The molecule has 0 saturated carbocycles. The second-order valence-electron chi connectivity index (χ2n) is 7.40. The molecule has 7 nitrogen and oxygen atoms in total. The van der Waals surface area contributed by atoms with Gasteiger partial charge in [-0.1, -0.05) is 48.0 Å². The predicted octanol–water partition coefficient (Wildman–Crippen LogP) is 3.61. The van der Waals surface area contributed by atoms with Crippen LogP contribution in [0, 0.1) is 6.92 Å². The first kappa shape index (κ1) is 20.4. The van der Waals surface area contributed by atoms with Crippen LogP contribution in [-0.4, -0.2) is 34.0 Å². The number of carbonyl (C=O) groups excluding carboxylic acids is 3. The lowest BCUT2D eigenvalue weighted by Gasteiger charge is -2.12. The van der Waals surface area contributed by atoms with Crippen molar-refractivity contribution in [2.24, 2.45) is 0 Å². The smallest absolute Gasteiger partial charge is 0.329 e. The van der Waals surface area contributed by atoms with E-state index in [2.05, 4.69) is 5.32 Å². The van der Waals surface area contributed by atoms with Crippen molar-refractivity contribution < 1.29 is 19.1 Å². The Morgan fingerprint density at radius 3 is 2.71 bits per heavy atom. The third-order valence-corrected chi connectivity index (χ3v) is 5.11. The van der Waals surface area contributed by atoms with Gasteiger partial charge in [-0.3, -0.25) is 14.5 Å². The van der Waals surface area contributed by atoms with Crippen LogP contribution in [0.3, 0.4) is 0 Å². The number of para-hydroxylation sites is 1. The molecule has 0 atom stereocenters. The first-order valence-corrected chi connectivity index (χ1v) is 10.1. The number of aryl methyl sites for hydroxylation is 1. The van der Waals surface area contributed by atoms with E-state index in [1.54, 1.807) is 23.8 Å². The van der Waals surface area contributed by atoms with E-state index in [4.69, 9.17) is 4.74 Å². The maximum atomic E-state index is 12.9. The van der Waals surface area contributed by atoms with Crippen molar-refractivity contribution in [3.8, 4) is 0 Å². The van der Waals surface area contributed by atoms with Gasteiger partial charge in [0.15, 0.2) is 0 Å². The lowest BCUT2D eigenvalue weighted by atomic mass is 10.1. The van der Waals surface area contributed by atoms with Crippen molar-refractivity contribution >= 4 is 34.9 Å². The van der Waals surface area contributed by atoms with Gasteiger partial charge in [-0.25, -0.2) is 4.79 Å². The number of rotatable bonds is 6. The fourth-order valence-electron chi connectivity index (χ4n) is 3.73. The number of ether oxygens (including phenoxy) is 1. The highest BCUT2D eigenvalue weighted by molar-refractivity contribution is 6.14. The first-order valence-electron chi connectivity index (χ1n) is 10.1. The van der Waals surface area contributed by atoms with Crippen LogP contribution in [0.15, 0.2) is 60.4 Å². The molecule has 1 aliphatic rings. The summed E-state index contributed by atoms with van der Waals surface area (Å²) in [7, 11) is 0. The van der Waals surface area contributed by atoms with Crippen LogP contribution < -0.4 is 5.32 Å². The number of imide groups is 1. The molecule has 0 radical (unpaired) electrons. The van der Waals surface area contributed by atoms with Crippen LogP contribution in [0.4, 0.5) is 4.79 Å². The number of esters is 1. The molecule has 158 valence electrons. The molecule has 1 saturated heterocycles. The molecule has 0 bridgehead atoms. The molecule has 31 heavy (non-hydrogen) atoms. The molecule has 0 spiro atoms. The average molecular weight is 417 g/mol. The fraction of sp³-hybridized carbons (Fsp3) is 0.208. The molecule has 0 aliphatic carbocycles. The average Bonchev–Trinajstić information content (AvgIpc) is 3.21. The highest BCUT2D eigenvalue weighted by atomic mass is 16.5. The molecule has 4 rings (SSSR count).